The van der Waals surface area contributed by atoms with Crippen LogP contribution < -0.4 is 27.2 Å². The predicted octanol–water partition coefficient (Wildman–Crippen LogP) is 4.00. The Balaban J connectivity index is 1.45. The lowest BCUT2D eigenvalue weighted by Gasteiger charge is -2.46. The van der Waals surface area contributed by atoms with E-state index in [0.717, 1.165) is 17.7 Å². The number of alkyl halides is 3. The molecule has 9 heteroatoms. The molecule has 2 aliphatic rings. The lowest BCUT2D eigenvalue weighted by atomic mass is 9.76. The Labute approximate surface area is 187 Å². The van der Waals surface area contributed by atoms with E-state index in [4.69, 9.17) is 10.5 Å². The second-order valence-electron chi connectivity index (χ2n) is 8.58. The van der Waals surface area contributed by atoms with Crippen molar-refractivity contribution in [1.29, 1.82) is 0 Å². The first-order chi connectivity index (χ1) is 15.7. The van der Waals surface area contributed by atoms with Crippen molar-refractivity contribution in [2.24, 2.45) is 5.92 Å². The molecule has 4 N–H and O–H groups in total. The first-order valence-electron chi connectivity index (χ1n) is 10.7. The highest BCUT2D eigenvalue weighted by molar-refractivity contribution is 5.71. The van der Waals surface area contributed by atoms with E-state index in [0.29, 0.717) is 24.1 Å². The summed E-state index contributed by atoms with van der Waals surface area (Å²) in [6.45, 7) is 0.232. The van der Waals surface area contributed by atoms with E-state index < -0.39 is 28.7 Å². The van der Waals surface area contributed by atoms with Gasteiger partial charge in [0.25, 0.3) is 10.9 Å². The molecule has 5 rings (SSSR count). The summed E-state index contributed by atoms with van der Waals surface area (Å²) in [5.41, 5.74) is 5.59. The zero-order valence-electron chi connectivity index (χ0n) is 17.5. The second kappa shape index (κ2) is 7.91. The van der Waals surface area contributed by atoms with Crippen LogP contribution in [0.25, 0.3) is 0 Å². The summed E-state index contributed by atoms with van der Waals surface area (Å²) in [6.07, 6.45) is -4.02. The quantitative estimate of drug-likeness (QED) is 0.513. The van der Waals surface area contributed by atoms with E-state index in [1.54, 1.807) is 0 Å². The van der Waals surface area contributed by atoms with Gasteiger partial charge in [-0.3, -0.25) is 9.59 Å². The van der Waals surface area contributed by atoms with Crippen molar-refractivity contribution in [1.82, 2.24) is 0 Å². The number of halogens is 3. The molecule has 0 bridgehead atoms. The fourth-order valence-corrected chi connectivity index (χ4v) is 4.87. The van der Waals surface area contributed by atoms with Gasteiger partial charge in [-0.1, -0.05) is 30.3 Å². The number of hydrogen-bond acceptors (Lipinski definition) is 6. The van der Waals surface area contributed by atoms with Crippen LogP contribution in [0.2, 0.25) is 0 Å². The standard InChI is InChI=1S/C24H22F3N3O3/c25-24(26,27)13-6-9-17-16(10-13)23-15(19(30-17)12-4-2-1-3-5-12)8-7-14(33-23)11-29-20-18(28)21(31)22(20)32/h1-6,9-10,14-15,19,23,29-30H,7-8,11,28H2/t14-,15+,19+,23+/m1/s1. The van der Waals surface area contributed by atoms with Crippen LogP contribution in [0.3, 0.4) is 0 Å². The van der Waals surface area contributed by atoms with Crippen molar-refractivity contribution in [3.05, 3.63) is 85.7 Å². The van der Waals surface area contributed by atoms with Crippen molar-refractivity contribution in [2.45, 2.75) is 37.3 Å². The molecule has 0 radical (unpaired) electrons. The number of fused-ring (bicyclic) bond motifs is 3. The molecule has 1 saturated heterocycles. The van der Waals surface area contributed by atoms with E-state index in [1.807, 2.05) is 30.3 Å². The van der Waals surface area contributed by atoms with E-state index in [-0.39, 0.29) is 36.0 Å². The molecule has 3 aromatic carbocycles. The summed E-state index contributed by atoms with van der Waals surface area (Å²) in [4.78, 5) is 23.0. The highest BCUT2D eigenvalue weighted by atomic mass is 19.4. The predicted molar refractivity (Wildman–Crippen MR) is 119 cm³/mol. The minimum Gasteiger partial charge on any atom is -0.394 e. The average Bonchev–Trinajstić information content (AvgIpc) is 2.82. The Morgan fingerprint density at radius 1 is 1.06 bits per heavy atom. The number of ether oxygens (including phenoxy) is 1. The fourth-order valence-electron chi connectivity index (χ4n) is 4.87. The molecule has 4 atom stereocenters. The van der Waals surface area contributed by atoms with Crippen LogP contribution in [0, 0.1) is 5.92 Å². The first kappa shape index (κ1) is 21.5. The van der Waals surface area contributed by atoms with Crippen molar-refractivity contribution >= 4 is 17.1 Å². The summed E-state index contributed by atoms with van der Waals surface area (Å²) in [6, 6.07) is 13.3. The summed E-state index contributed by atoms with van der Waals surface area (Å²) < 4.78 is 46.6. The van der Waals surface area contributed by atoms with Gasteiger partial charge in [-0.2, -0.15) is 13.2 Å². The van der Waals surface area contributed by atoms with Crippen LogP contribution >= 0.6 is 0 Å². The number of hydrogen-bond donors (Lipinski definition) is 3. The molecule has 0 spiro atoms. The van der Waals surface area contributed by atoms with Gasteiger partial charge in [-0.05, 0) is 36.6 Å². The number of anilines is 3. The molecule has 2 aliphatic heterocycles. The minimum atomic E-state index is -4.46. The van der Waals surface area contributed by atoms with Gasteiger partial charge in [0.1, 0.15) is 11.4 Å². The molecule has 1 fully saturated rings. The molecule has 2 heterocycles. The maximum atomic E-state index is 13.4. The molecular weight excluding hydrogens is 435 g/mol. The van der Waals surface area contributed by atoms with Crippen LogP contribution in [0.1, 0.15) is 41.7 Å². The van der Waals surface area contributed by atoms with E-state index in [2.05, 4.69) is 10.6 Å². The van der Waals surface area contributed by atoms with Crippen LogP contribution in [0.5, 0.6) is 0 Å². The number of nitrogens with two attached hydrogens (primary N) is 1. The topological polar surface area (TPSA) is 93.4 Å². The van der Waals surface area contributed by atoms with Gasteiger partial charge < -0.3 is 21.1 Å². The minimum absolute atomic E-state index is 0.0733. The third-order valence-electron chi connectivity index (χ3n) is 6.59. The van der Waals surface area contributed by atoms with Gasteiger partial charge in [0, 0.05) is 23.7 Å². The van der Waals surface area contributed by atoms with Crippen molar-refractivity contribution in [3.8, 4) is 0 Å². The van der Waals surface area contributed by atoms with Gasteiger partial charge in [0.05, 0.1) is 23.8 Å². The van der Waals surface area contributed by atoms with Crippen molar-refractivity contribution < 1.29 is 17.9 Å². The molecule has 172 valence electrons. The Bertz CT molecular complexity index is 1250. The fraction of sp³-hybridized carbons (Fsp3) is 0.333. The zero-order chi connectivity index (χ0) is 23.3. The summed E-state index contributed by atoms with van der Waals surface area (Å²) in [5.74, 6) is -0.0733. The molecule has 3 aromatic rings. The normalized spacial score (nSPS) is 24.6. The monoisotopic (exact) mass is 457 g/mol. The number of benzene rings is 2. The summed E-state index contributed by atoms with van der Waals surface area (Å²) >= 11 is 0. The largest absolute Gasteiger partial charge is 0.416 e. The number of nitrogen functional groups attached to an aromatic ring is 1. The molecule has 6 nitrogen and oxygen atoms in total. The smallest absolute Gasteiger partial charge is 0.394 e. The van der Waals surface area contributed by atoms with Crippen molar-refractivity contribution in [2.75, 3.05) is 22.9 Å². The van der Waals surface area contributed by atoms with Gasteiger partial charge in [-0.25, -0.2) is 0 Å². The Hall–Kier alpha value is -3.33. The average molecular weight is 457 g/mol. The molecule has 0 unspecified atom stereocenters. The lowest BCUT2D eigenvalue weighted by Crippen LogP contribution is -2.43. The molecular formula is C24H22F3N3O3. The highest BCUT2D eigenvalue weighted by Gasteiger charge is 2.43. The zero-order valence-corrected chi connectivity index (χ0v) is 17.5. The first-order valence-corrected chi connectivity index (χ1v) is 10.7. The third-order valence-corrected chi connectivity index (χ3v) is 6.59. The molecule has 0 saturated carbocycles. The summed E-state index contributed by atoms with van der Waals surface area (Å²) in [7, 11) is 0. The van der Waals surface area contributed by atoms with Crippen LogP contribution in [0.4, 0.5) is 30.2 Å². The van der Waals surface area contributed by atoms with Crippen molar-refractivity contribution in [3.63, 3.8) is 0 Å². The molecule has 0 amide bonds. The molecule has 33 heavy (non-hydrogen) atoms. The molecule has 0 aromatic heterocycles. The Morgan fingerprint density at radius 2 is 1.82 bits per heavy atom. The Morgan fingerprint density at radius 3 is 2.52 bits per heavy atom. The van der Waals surface area contributed by atoms with E-state index >= 15 is 0 Å². The second-order valence-corrected chi connectivity index (χ2v) is 8.58. The number of nitrogens with one attached hydrogen (secondary N) is 2. The van der Waals surface area contributed by atoms with Gasteiger partial charge in [0.2, 0.25) is 0 Å². The highest BCUT2D eigenvalue weighted by Crippen LogP contribution is 2.51. The maximum Gasteiger partial charge on any atom is 0.416 e. The lowest BCUT2D eigenvalue weighted by molar-refractivity contribution is -0.138. The van der Waals surface area contributed by atoms with Crippen LogP contribution in [0.15, 0.2) is 58.1 Å². The van der Waals surface area contributed by atoms with Crippen LogP contribution in [-0.2, 0) is 10.9 Å². The van der Waals surface area contributed by atoms with Crippen LogP contribution in [-0.4, -0.2) is 12.6 Å². The Kier molecular flexibility index (Phi) is 5.16. The molecule has 0 aliphatic carbocycles. The summed E-state index contributed by atoms with van der Waals surface area (Å²) in [5, 5.41) is 6.30. The number of rotatable bonds is 4. The van der Waals surface area contributed by atoms with Gasteiger partial charge in [-0.15, -0.1) is 0 Å². The van der Waals surface area contributed by atoms with Gasteiger partial charge in [0.15, 0.2) is 0 Å². The van der Waals surface area contributed by atoms with E-state index in [9.17, 15) is 22.8 Å². The van der Waals surface area contributed by atoms with E-state index in [1.165, 1.54) is 6.07 Å². The SMILES string of the molecule is Nc1c(NC[C@H]2CC[C@@H]3[C@H](O2)c2cc(C(F)(F)F)ccc2N[C@H]3c2ccccc2)c(=O)c1=O. The third kappa shape index (κ3) is 3.76. The maximum absolute atomic E-state index is 13.4. The van der Waals surface area contributed by atoms with Gasteiger partial charge >= 0.3 is 6.18 Å².